The van der Waals surface area contributed by atoms with Gasteiger partial charge in [-0.25, -0.2) is 0 Å². The fourth-order valence-corrected chi connectivity index (χ4v) is 2.40. The Morgan fingerprint density at radius 2 is 1.76 bits per heavy atom. The SMILES string of the molecule is CCC(Oc1ccccc1C)C(=O)NC(C)COc1ccc(C)cc1. The summed E-state index contributed by atoms with van der Waals surface area (Å²) in [6.07, 6.45) is 0.0917. The van der Waals surface area contributed by atoms with E-state index in [1.807, 2.05) is 76.2 Å². The first-order valence-electron chi connectivity index (χ1n) is 8.71. The maximum Gasteiger partial charge on any atom is 0.261 e. The van der Waals surface area contributed by atoms with Crippen molar-refractivity contribution < 1.29 is 14.3 Å². The van der Waals surface area contributed by atoms with Crippen LogP contribution in [0.5, 0.6) is 11.5 Å². The normalized spacial score (nSPS) is 13.0. The van der Waals surface area contributed by atoms with Crippen LogP contribution in [0, 0.1) is 13.8 Å². The molecule has 0 aliphatic heterocycles. The fraction of sp³-hybridized carbons (Fsp3) is 0.381. The zero-order valence-electron chi connectivity index (χ0n) is 15.4. The number of para-hydroxylation sites is 1. The van der Waals surface area contributed by atoms with Crippen LogP contribution in [0.15, 0.2) is 48.5 Å². The van der Waals surface area contributed by atoms with Crippen molar-refractivity contribution in [2.24, 2.45) is 0 Å². The predicted octanol–water partition coefficient (Wildman–Crippen LogP) is 4.04. The van der Waals surface area contributed by atoms with Gasteiger partial charge in [-0.2, -0.15) is 0 Å². The third-order valence-electron chi connectivity index (χ3n) is 3.94. The van der Waals surface area contributed by atoms with E-state index in [9.17, 15) is 4.79 Å². The molecular formula is C21H27NO3. The van der Waals surface area contributed by atoms with Crippen LogP contribution in [-0.4, -0.2) is 24.7 Å². The van der Waals surface area contributed by atoms with Crippen LogP contribution < -0.4 is 14.8 Å². The van der Waals surface area contributed by atoms with Crippen molar-refractivity contribution in [3.05, 3.63) is 59.7 Å². The van der Waals surface area contributed by atoms with Crippen molar-refractivity contribution in [2.45, 2.75) is 46.3 Å². The molecule has 0 bridgehead atoms. The third kappa shape index (κ3) is 5.82. The van der Waals surface area contributed by atoms with Crippen LogP contribution in [-0.2, 0) is 4.79 Å². The fourth-order valence-electron chi connectivity index (χ4n) is 2.40. The summed E-state index contributed by atoms with van der Waals surface area (Å²) in [4.78, 5) is 12.5. The van der Waals surface area contributed by atoms with Gasteiger partial charge in [-0.15, -0.1) is 0 Å². The summed E-state index contributed by atoms with van der Waals surface area (Å²) in [6.45, 7) is 8.28. The summed E-state index contributed by atoms with van der Waals surface area (Å²) in [6, 6.07) is 15.5. The Morgan fingerprint density at radius 1 is 1.08 bits per heavy atom. The first-order valence-corrected chi connectivity index (χ1v) is 8.71. The molecule has 2 aromatic carbocycles. The Bertz CT molecular complexity index is 682. The quantitative estimate of drug-likeness (QED) is 0.788. The number of carbonyl (C=O) groups excluding carboxylic acids is 1. The van der Waals surface area contributed by atoms with E-state index in [-0.39, 0.29) is 11.9 Å². The van der Waals surface area contributed by atoms with E-state index >= 15 is 0 Å². The summed E-state index contributed by atoms with van der Waals surface area (Å²) in [5, 5.41) is 2.96. The monoisotopic (exact) mass is 341 g/mol. The van der Waals surface area contributed by atoms with Gasteiger partial charge in [0.05, 0.1) is 6.04 Å². The standard InChI is InChI=1S/C21H27NO3/c1-5-19(25-20-9-7-6-8-16(20)3)21(23)22-17(4)14-24-18-12-10-15(2)11-13-18/h6-13,17,19H,5,14H2,1-4H3,(H,22,23). The number of aryl methyl sites for hydroxylation is 2. The van der Waals surface area contributed by atoms with Crippen molar-refractivity contribution in [1.82, 2.24) is 5.32 Å². The van der Waals surface area contributed by atoms with Crippen molar-refractivity contribution >= 4 is 5.91 Å². The number of ether oxygens (including phenoxy) is 2. The molecule has 0 aliphatic carbocycles. The summed E-state index contributed by atoms with van der Waals surface area (Å²) < 4.78 is 11.6. The van der Waals surface area contributed by atoms with E-state index in [0.29, 0.717) is 13.0 Å². The molecule has 2 rings (SSSR count). The number of rotatable bonds is 8. The van der Waals surface area contributed by atoms with E-state index in [0.717, 1.165) is 17.1 Å². The highest BCUT2D eigenvalue weighted by Gasteiger charge is 2.20. The Morgan fingerprint density at radius 3 is 2.40 bits per heavy atom. The van der Waals surface area contributed by atoms with Gasteiger partial charge in [0, 0.05) is 0 Å². The van der Waals surface area contributed by atoms with Gasteiger partial charge in [0.25, 0.3) is 5.91 Å². The number of amides is 1. The zero-order chi connectivity index (χ0) is 18.2. The maximum atomic E-state index is 12.5. The van der Waals surface area contributed by atoms with Crippen molar-refractivity contribution in [3.63, 3.8) is 0 Å². The van der Waals surface area contributed by atoms with Crippen LogP contribution in [0.2, 0.25) is 0 Å². The number of hydrogen-bond acceptors (Lipinski definition) is 3. The van der Waals surface area contributed by atoms with Crippen molar-refractivity contribution in [2.75, 3.05) is 6.61 Å². The summed E-state index contributed by atoms with van der Waals surface area (Å²) in [7, 11) is 0. The number of nitrogens with one attached hydrogen (secondary N) is 1. The van der Waals surface area contributed by atoms with Crippen LogP contribution >= 0.6 is 0 Å². The molecule has 0 spiro atoms. The van der Waals surface area contributed by atoms with E-state index in [4.69, 9.17) is 9.47 Å². The Hall–Kier alpha value is -2.49. The van der Waals surface area contributed by atoms with Gasteiger partial charge >= 0.3 is 0 Å². The highest BCUT2D eigenvalue weighted by molar-refractivity contribution is 5.81. The molecule has 1 amide bonds. The molecule has 0 saturated heterocycles. The molecule has 1 N–H and O–H groups in total. The molecule has 2 unspecified atom stereocenters. The molecular weight excluding hydrogens is 314 g/mol. The molecule has 2 aromatic rings. The maximum absolute atomic E-state index is 12.5. The van der Waals surface area contributed by atoms with E-state index in [1.54, 1.807) is 0 Å². The molecule has 134 valence electrons. The van der Waals surface area contributed by atoms with Crippen LogP contribution in [0.25, 0.3) is 0 Å². The summed E-state index contributed by atoms with van der Waals surface area (Å²) in [5.41, 5.74) is 2.21. The molecule has 4 nitrogen and oxygen atoms in total. The van der Waals surface area contributed by atoms with Gasteiger partial charge in [-0.05, 0) is 51.0 Å². The highest BCUT2D eigenvalue weighted by Crippen LogP contribution is 2.19. The third-order valence-corrected chi connectivity index (χ3v) is 3.94. The Kier molecular flexibility index (Phi) is 6.87. The Labute approximate surface area is 150 Å². The first kappa shape index (κ1) is 18.8. The molecule has 0 fully saturated rings. The van der Waals surface area contributed by atoms with Gasteiger partial charge in [0.2, 0.25) is 0 Å². The average Bonchev–Trinajstić information content (AvgIpc) is 2.60. The average molecular weight is 341 g/mol. The lowest BCUT2D eigenvalue weighted by Gasteiger charge is -2.21. The molecule has 0 radical (unpaired) electrons. The molecule has 0 heterocycles. The largest absolute Gasteiger partial charge is 0.491 e. The number of benzene rings is 2. The molecule has 0 aromatic heterocycles. The van der Waals surface area contributed by atoms with Gasteiger partial charge < -0.3 is 14.8 Å². The minimum absolute atomic E-state index is 0.108. The minimum atomic E-state index is -0.511. The van der Waals surface area contributed by atoms with E-state index in [2.05, 4.69) is 5.32 Å². The van der Waals surface area contributed by atoms with Gasteiger partial charge in [-0.1, -0.05) is 42.8 Å². The summed E-state index contributed by atoms with van der Waals surface area (Å²) in [5.74, 6) is 1.42. The molecule has 0 aliphatic rings. The lowest BCUT2D eigenvalue weighted by atomic mass is 10.2. The van der Waals surface area contributed by atoms with Crippen LogP contribution in [0.3, 0.4) is 0 Å². The predicted molar refractivity (Wildman–Crippen MR) is 100 cm³/mol. The topological polar surface area (TPSA) is 47.6 Å². The second-order valence-corrected chi connectivity index (χ2v) is 6.31. The van der Waals surface area contributed by atoms with Crippen LogP contribution in [0.4, 0.5) is 0 Å². The molecule has 4 heteroatoms. The highest BCUT2D eigenvalue weighted by atomic mass is 16.5. The van der Waals surface area contributed by atoms with Crippen molar-refractivity contribution in [3.8, 4) is 11.5 Å². The van der Waals surface area contributed by atoms with E-state index < -0.39 is 6.10 Å². The van der Waals surface area contributed by atoms with E-state index in [1.165, 1.54) is 5.56 Å². The van der Waals surface area contributed by atoms with Gasteiger partial charge in [-0.3, -0.25) is 4.79 Å². The van der Waals surface area contributed by atoms with Gasteiger partial charge in [0.1, 0.15) is 18.1 Å². The first-order chi connectivity index (χ1) is 12.0. The Balaban J connectivity index is 1.85. The van der Waals surface area contributed by atoms with Crippen LogP contribution in [0.1, 0.15) is 31.4 Å². The second-order valence-electron chi connectivity index (χ2n) is 6.31. The minimum Gasteiger partial charge on any atom is -0.491 e. The smallest absolute Gasteiger partial charge is 0.261 e. The van der Waals surface area contributed by atoms with Gasteiger partial charge in [0.15, 0.2) is 6.10 Å². The molecule has 25 heavy (non-hydrogen) atoms. The zero-order valence-corrected chi connectivity index (χ0v) is 15.4. The summed E-state index contributed by atoms with van der Waals surface area (Å²) >= 11 is 0. The van der Waals surface area contributed by atoms with Crippen molar-refractivity contribution in [1.29, 1.82) is 0 Å². The number of hydrogen-bond donors (Lipinski definition) is 1. The second kappa shape index (κ2) is 9.11. The lowest BCUT2D eigenvalue weighted by Crippen LogP contribution is -2.44. The molecule has 2 atom stereocenters. The lowest BCUT2D eigenvalue weighted by molar-refractivity contribution is -0.129. The number of carbonyl (C=O) groups is 1. The molecule has 0 saturated carbocycles.